The van der Waals surface area contributed by atoms with Gasteiger partial charge in [-0.2, -0.15) is 0 Å². The summed E-state index contributed by atoms with van der Waals surface area (Å²) in [6.45, 7) is 0.407. The van der Waals surface area contributed by atoms with Crippen LogP contribution in [-0.2, 0) is 11.3 Å². The number of aromatic nitrogens is 2. The van der Waals surface area contributed by atoms with Gasteiger partial charge in [-0.15, -0.1) is 0 Å². The molecule has 78 valence electrons. The number of carboxylic acids is 1. The van der Waals surface area contributed by atoms with Gasteiger partial charge in [0.2, 0.25) is 0 Å². The predicted molar refractivity (Wildman–Crippen MR) is 52.9 cm³/mol. The molecule has 0 aliphatic heterocycles. The van der Waals surface area contributed by atoms with Crippen LogP contribution in [0.3, 0.4) is 0 Å². The van der Waals surface area contributed by atoms with Crippen molar-refractivity contribution >= 4 is 11.6 Å². The third kappa shape index (κ3) is 1.57. The van der Waals surface area contributed by atoms with E-state index >= 15 is 0 Å². The van der Waals surface area contributed by atoms with Gasteiger partial charge in [0.1, 0.15) is 5.56 Å². The van der Waals surface area contributed by atoms with Crippen LogP contribution in [0.1, 0.15) is 16.1 Å². The first-order chi connectivity index (χ1) is 7.24. The summed E-state index contributed by atoms with van der Waals surface area (Å²) in [5, 5.41) is 8.94. The molecule has 0 atom stereocenters. The van der Waals surface area contributed by atoms with Gasteiger partial charge in [-0.25, -0.2) is 9.78 Å². The lowest BCUT2D eigenvalue weighted by molar-refractivity contribution is 0.0698. The Hall–Kier alpha value is -1.88. The van der Waals surface area contributed by atoms with Crippen LogP contribution in [0.5, 0.6) is 0 Å². The molecule has 5 nitrogen and oxygen atoms in total. The van der Waals surface area contributed by atoms with Crippen molar-refractivity contribution in [2.75, 3.05) is 7.11 Å². The van der Waals surface area contributed by atoms with Crippen molar-refractivity contribution < 1.29 is 14.6 Å². The van der Waals surface area contributed by atoms with Gasteiger partial charge in [0.05, 0.1) is 18.5 Å². The number of carboxylic acid groups (broad SMARTS) is 1. The predicted octanol–water partition coefficient (Wildman–Crippen LogP) is 1.18. The summed E-state index contributed by atoms with van der Waals surface area (Å²) >= 11 is 0. The van der Waals surface area contributed by atoms with E-state index in [1.165, 1.54) is 6.07 Å². The van der Waals surface area contributed by atoms with E-state index in [1.807, 2.05) is 0 Å². The fraction of sp³-hybridized carbons (Fsp3) is 0.200. The summed E-state index contributed by atoms with van der Waals surface area (Å²) in [5.41, 5.74) is 1.47. The highest BCUT2D eigenvalue weighted by molar-refractivity contribution is 5.94. The molecule has 0 fully saturated rings. The van der Waals surface area contributed by atoms with Crippen LogP contribution in [0.25, 0.3) is 5.65 Å². The molecule has 0 aromatic carbocycles. The quantitative estimate of drug-likeness (QED) is 0.818. The van der Waals surface area contributed by atoms with Crippen molar-refractivity contribution in [1.82, 2.24) is 9.38 Å². The first-order valence-electron chi connectivity index (χ1n) is 4.41. The monoisotopic (exact) mass is 206 g/mol. The Balaban J connectivity index is 2.63. The summed E-state index contributed by atoms with van der Waals surface area (Å²) in [6.07, 6.45) is 3.38. The number of rotatable bonds is 3. The van der Waals surface area contributed by atoms with Gasteiger partial charge in [-0.1, -0.05) is 0 Å². The maximum Gasteiger partial charge on any atom is 0.339 e. The topological polar surface area (TPSA) is 63.8 Å². The largest absolute Gasteiger partial charge is 0.478 e. The van der Waals surface area contributed by atoms with Crippen molar-refractivity contribution in [3.05, 3.63) is 35.8 Å². The highest BCUT2D eigenvalue weighted by Crippen LogP contribution is 2.12. The normalized spacial score (nSPS) is 10.7. The van der Waals surface area contributed by atoms with Crippen molar-refractivity contribution in [3.8, 4) is 0 Å². The Morgan fingerprint density at radius 2 is 2.47 bits per heavy atom. The molecule has 2 heterocycles. The standard InChI is InChI=1S/C10H10N2O3/c1-15-6-7-5-11-9-8(10(13)14)3-2-4-12(7)9/h2-5H,6H2,1H3,(H,13,14). The fourth-order valence-corrected chi connectivity index (χ4v) is 1.48. The van der Waals surface area contributed by atoms with Crippen LogP contribution in [0.15, 0.2) is 24.5 Å². The minimum absolute atomic E-state index is 0.194. The molecule has 0 saturated heterocycles. The molecular formula is C10H10N2O3. The molecule has 15 heavy (non-hydrogen) atoms. The number of pyridine rings is 1. The molecule has 2 aromatic rings. The van der Waals surface area contributed by atoms with Gasteiger partial charge in [-0.05, 0) is 12.1 Å². The van der Waals surface area contributed by atoms with Crippen LogP contribution >= 0.6 is 0 Å². The number of nitrogens with zero attached hydrogens (tertiary/aromatic N) is 2. The SMILES string of the molecule is COCc1cnc2c(C(=O)O)cccn12. The summed E-state index contributed by atoms with van der Waals surface area (Å²) in [6, 6.07) is 3.21. The van der Waals surface area contributed by atoms with Crippen LogP contribution in [0.4, 0.5) is 0 Å². The van der Waals surface area contributed by atoms with E-state index in [1.54, 1.807) is 30.0 Å². The third-order valence-corrected chi connectivity index (χ3v) is 2.14. The molecule has 0 radical (unpaired) electrons. The molecule has 0 amide bonds. The van der Waals surface area contributed by atoms with Gasteiger partial charge in [-0.3, -0.25) is 0 Å². The average molecular weight is 206 g/mol. The second-order valence-electron chi connectivity index (χ2n) is 3.10. The number of carbonyl (C=O) groups is 1. The molecule has 0 aliphatic rings. The fourth-order valence-electron chi connectivity index (χ4n) is 1.48. The van der Waals surface area contributed by atoms with Crippen LogP contribution in [-0.4, -0.2) is 27.6 Å². The average Bonchev–Trinajstić information content (AvgIpc) is 2.62. The van der Waals surface area contributed by atoms with E-state index in [-0.39, 0.29) is 5.56 Å². The van der Waals surface area contributed by atoms with Crippen molar-refractivity contribution in [3.63, 3.8) is 0 Å². The molecule has 2 aromatic heterocycles. The number of hydrogen-bond acceptors (Lipinski definition) is 3. The zero-order chi connectivity index (χ0) is 10.8. The summed E-state index contributed by atoms with van der Waals surface area (Å²) < 4.78 is 6.70. The minimum atomic E-state index is -0.977. The lowest BCUT2D eigenvalue weighted by Gasteiger charge is -2.01. The van der Waals surface area contributed by atoms with Gasteiger partial charge >= 0.3 is 5.97 Å². The molecule has 0 bridgehead atoms. The number of fused-ring (bicyclic) bond motifs is 1. The van der Waals surface area contributed by atoms with E-state index in [2.05, 4.69) is 4.98 Å². The zero-order valence-corrected chi connectivity index (χ0v) is 8.17. The molecule has 0 aliphatic carbocycles. The Bertz CT molecular complexity index is 504. The van der Waals surface area contributed by atoms with E-state index in [4.69, 9.17) is 9.84 Å². The number of aromatic carboxylic acids is 1. The second kappa shape index (κ2) is 3.70. The Morgan fingerprint density at radius 1 is 1.67 bits per heavy atom. The maximum absolute atomic E-state index is 10.9. The van der Waals surface area contributed by atoms with Crippen molar-refractivity contribution in [1.29, 1.82) is 0 Å². The van der Waals surface area contributed by atoms with Crippen LogP contribution < -0.4 is 0 Å². The van der Waals surface area contributed by atoms with E-state index < -0.39 is 5.97 Å². The first kappa shape index (κ1) is 9.67. The molecule has 1 N–H and O–H groups in total. The van der Waals surface area contributed by atoms with Crippen LogP contribution in [0, 0.1) is 0 Å². The minimum Gasteiger partial charge on any atom is -0.478 e. The molecule has 0 saturated carbocycles. The van der Waals surface area contributed by atoms with E-state index in [9.17, 15) is 4.79 Å². The molecular weight excluding hydrogens is 196 g/mol. The van der Waals surface area contributed by atoms with Gasteiger partial charge < -0.3 is 14.2 Å². The van der Waals surface area contributed by atoms with E-state index in [0.717, 1.165) is 5.69 Å². The third-order valence-electron chi connectivity index (χ3n) is 2.14. The number of hydrogen-bond donors (Lipinski definition) is 1. The Kier molecular flexibility index (Phi) is 2.39. The molecule has 2 rings (SSSR count). The first-order valence-corrected chi connectivity index (χ1v) is 4.41. The van der Waals surface area contributed by atoms with Gasteiger partial charge in [0, 0.05) is 13.3 Å². The lowest BCUT2D eigenvalue weighted by Crippen LogP contribution is -2.01. The smallest absolute Gasteiger partial charge is 0.339 e. The Labute approximate surface area is 85.9 Å². The summed E-state index contributed by atoms with van der Waals surface area (Å²) in [5.74, 6) is -0.977. The van der Waals surface area contributed by atoms with Crippen LogP contribution in [0.2, 0.25) is 0 Å². The lowest BCUT2D eigenvalue weighted by atomic mass is 10.3. The molecule has 0 unspecified atom stereocenters. The second-order valence-corrected chi connectivity index (χ2v) is 3.10. The highest BCUT2D eigenvalue weighted by Gasteiger charge is 2.11. The van der Waals surface area contributed by atoms with Gasteiger partial charge in [0.15, 0.2) is 5.65 Å². The Morgan fingerprint density at radius 3 is 3.13 bits per heavy atom. The maximum atomic E-state index is 10.9. The number of methoxy groups -OCH3 is 1. The van der Waals surface area contributed by atoms with Gasteiger partial charge in [0.25, 0.3) is 0 Å². The molecule has 0 spiro atoms. The van der Waals surface area contributed by atoms with E-state index in [0.29, 0.717) is 12.3 Å². The number of ether oxygens (including phenoxy) is 1. The summed E-state index contributed by atoms with van der Waals surface area (Å²) in [7, 11) is 1.58. The number of imidazole rings is 1. The van der Waals surface area contributed by atoms with Crippen molar-refractivity contribution in [2.45, 2.75) is 6.61 Å². The van der Waals surface area contributed by atoms with Crippen molar-refractivity contribution in [2.24, 2.45) is 0 Å². The molecule has 5 heteroatoms. The zero-order valence-electron chi connectivity index (χ0n) is 8.17. The summed E-state index contributed by atoms with van der Waals surface area (Å²) in [4.78, 5) is 15.0. The highest BCUT2D eigenvalue weighted by atomic mass is 16.5.